The lowest BCUT2D eigenvalue weighted by atomic mass is 9.85. The number of alkyl carbamates (subject to hydrolysis) is 1. The molecule has 262 valence electrons. The minimum atomic E-state index is -1.50. The van der Waals surface area contributed by atoms with Crippen LogP contribution in [-0.2, 0) is 19.1 Å². The zero-order chi connectivity index (χ0) is 35.9. The van der Waals surface area contributed by atoms with E-state index in [-0.39, 0.29) is 19.4 Å². The molecule has 2 aromatic heterocycles. The Morgan fingerprint density at radius 3 is 2.45 bits per heavy atom. The van der Waals surface area contributed by atoms with Gasteiger partial charge in [0, 0.05) is 29.9 Å². The molecule has 5 atom stereocenters. The van der Waals surface area contributed by atoms with Gasteiger partial charge in [-0.15, -0.1) is 17.9 Å². The van der Waals surface area contributed by atoms with Crippen molar-refractivity contribution < 1.29 is 38.5 Å². The third-order valence-corrected chi connectivity index (χ3v) is 9.59. The van der Waals surface area contributed by atoms with Crippen LogP contribution in [0, 0.1) is 11.3 Å². The van der Waals surface area contributed by atoms with Crippen LogP contribution in [0.25, 0.3) is 21.5 Å². The molecule has 0 bridgehead atoms. The molecule has 1 aromatic carbocycles. The van der Waals surface area contributed by atoms with Gasteiger partial charge in [0.15, 0.2) is 0 Å². The van der Waals surface area contributed by atoms with E-state index in [1.54, 1.807) is 54.7 Å². The van der Waals surface area contributed by atoms with Crippen molar-refractivity contribution in [2.75, 3.05) is 13.7 Å². The standard InChI is InChI=1S/C36H44N4O8S/c1-9-20-18-36(20,32(43)44)39-30(41)26-16-22(19-40(26)31(42)29(34(2,3)4)38-33(45)48-35(5,6)7)47-27-17-25(28-11-10-14-49-28)37-24-15-21(46-8)12-13-23(24)27/h9-15,17,20,22,26,29H,1,16,18-19H2,2-8H3,(H,38,45)(H,39,41)(H,43,44)/t20-,22+,26-,29+,36?/m0/s1. The lowest BCUT2D eigenvalue weighted by molar-refractivity contribution is -0.146. The Hall–Kier alpha value is -4.65. The number of carbonyl (C=O) groups is 4. The van der Waals surface area contributed by atoms with Crippen LogP contribution in [0.3, 0.4) is 0 Å². The van der Waals surface area contributed by atoms with E-state index in [0.29, 0.717) is 28.1 Å². The highest BCUT2D eigenvalue weighted by Gasteiger charge is 2.61. The van der Waals surface area contributed by atoms with Gasteiger partial charge in [0.25, 0.3) is 0 Å². The second-order valence-corrected chi connectivity index (χ2v) is 15.6. The molecule has 0 spiro atoms. The Kier molecular flexibility index (Phi) is 9.70. The number of amides is 3. The molecule has 13 heteroatoms. The maximum absolute atomic E-state index is 14.4. The van der Waals surface area contributed by atoms with Crippen LogP contribution in [-0.4, -0.2) is 81.8 Å². The number of benzene rings is 1. The summed E-state index contributed by atoms with van der Waals surface area (Å²) in [5.41, 5.74) is -1.76. The predicted molar refractivity (Wildman–Crippen MR) is 186 cm³/mol. The number of aliphatic carboxylic acids is 1. The van der Waals surface area contributed by atoms with Crippen LogP contribution >= 0.6 is 11.3 Å². The van der Waals surface area contributed by atoms with Crippen LogP contribution in [0.5, 0.6) is 11.5 Å². The number of aromatic nitrogens is 1. The number of carbonyl (C=O) groups excluding carboxylic acids is 3. The van der Waals surface area contributed by atoms with Gasteiger partial charge in [0.2, 0.25) is 11.8 Å². The quantitative estimate of drug-likeness (QED) is 0.237. The highest BCUT2D eigenvalue weighted by molar-refractivity contribution is 7.13. The molecule has 2 fully saturated rings. The van der Waals surface area contributed by atoms with Crippen LogP contribution < -0.4 is 20.1 Å². The molecule has 12 nitrogen and oxygen atoms in total. The average Bonchev–Trinajstić information content (AvgIpc) is 3.32. The van der Waals surface area contributed by atoms with Gasteiger partial charge in [-0.25, -0.2) is 14.6 Å². The summed E-state index contributed by atoms with van der Waals surface area (Å²) in [6.07, 6.45) is 0.337. The maximum Gasteiger partial charge on any atom is 0.408 e. The summed E-state index contributed by atoms with van der Waals surface area (Å²) in [5.74, 6) is -1.63. The third kappa shape index (κ3) is 7.66. The van der Waals surface area contributed by atoms with Crippen molar-refractivity contribution in [3.63, 3.8) is 0 Å². The topological polar surface area (TPSA) is 156 Å². The Labute approximate surface area is 289 Å². The predicted octanol–water partition coefficient (Wildman–Crippen LogP) is 5.41. The van der Waals surface area contributed by atoms with E-state index in [2.05, 4.69) is 17.2 Å². The van der Waals surface area contributed by atoms with Crippen molar-refractivity contribution in [2.24, 2.45) is 11.3 Å². The van der Waals surface area contributed by atoms with Gasteiger partial charge in [-0.3, -0.25) is 9.59 Å². The van der Waals surface area contributed by atoms with Gasteiger partial charge in [0.05, 0.1) is 29.7 Å². The van der Waals surface area contributed by atoms with Crippen LogP contribution in [0.2, 0.25) is 0 Å². The number of fused-ring (bicyclic) bond motifs is 1. The largest absolute Gasteiger partial charge is 0.497 e. The molecular weight excluding hydrogens is 648 g/mol. The number of nitrogens with zero attached hydrogens (tertiary/aromatic N) is 2. The summed E-state index contributed by atoms with van der Waals surface area (Å²) < 4.78 is 17.5. The second-order valence-electron chi connectivity index (χ2n) is 14.6. The Morgan fingerprint density at radius 1 is 1.14 bits per heavy atom. The molecule has 1 aliphatic carbocycles. The van der Waals surface area contributed by atoms with Crippen molar-refractivity contribution in [1.29, 1.82) is 0 Å². The fourth-order valence-corrected chi connectivity index (χ4v) is 6.75. The van der Waals surface area contributed by atoms with Gasteiger partial charge in [0.1, 0.15) is 40.8 Å². The van der Waals surface area contributed by atoms with Crippen molar-refractivity contribution in [3.05, 3.63) is 54.4 Å². The number of likely N-dealkylation sites (tertiary alicyclic amines) is 1. The minimum Gasteiger partial charge on any atom is -0.497 e. The molecule has 3 aromatic rings. The van der Waals surface area contributed by atoms with E-state index < -0.39 is 64.5 Å². The fourth-order valence-electron chi connectivity index (χ4n) is 6.06. The van der Waals surface area contributed by atoms with E-state index in [4.69, 9.17) is 19.2 Å². The first-order chi connectivity index (χ1) is 23.0. The van der Waals surface area contributed by atoms with Gasteiger partial charge in [-0.05, 0) is 56.2 Å². The number of pyridine rings is 1. The van der Waals surface area contributed by atoms with Gasteiger partial charge in [-0.2, -0.15) is 0 Å². The highest BCUT2D eigenvalue weighted by Crippen LogP contribution is 2.45. The molecule has 1 saturated carbocycles. The van der Waals surface area contributed by atoms with Crippen LogP contribution in [0.4, 0.5) is 4.79 Å². The first kappa shape index (κ1) is 35.7. The lowest BCUT2D eigenvalue weighted by Gasteiger charge is -2.35. The van der Waals surface area contributed by atoms with Gasteiger partial charge < -0.3 is 34.9 Å². The molecule has 1 saturated heterocycles. The summed E-state index contributed by atoms with van der Waals surface area (Å²) in [6.45, 7) is 14.3. The third-order valence-electron chi connectivity index (χ3n) is 8.70. The number of ether oxygens (including phenoxy) is 3. The van der Waals surface area contributed by atoms with Gasteiger partial charge in [-0.1, -0.05) is 32.9 Å². The Balaban J connectivity index is 1.50. The minimum absolute atomic E-state index is 0.00123. The highest BCUT2D eigenvalue weighted by atomic mass is 32.1. The SMILES string of the molecule is C=C[C@H]1CC1(NC(=O)[C@@H]1C[C@@H](Oc2cc(-c3cccs3)nc3cc(OC)ccc23)CN1C(=O)[C@@H](NC(=O)OC(C)(C)C)C(C)(C)C)C(=O)O. The molecule has 3 heterocycles. The summed E-state index contributed by atoms with van der Waals surface area (Å²) in [7, 11) is 1.58. The summed E-state index contributed by atoms with van der Waals surface area (Å²) in [5, 5.41) is 18.1. The number of methoxy groups -OCH3 is 1. The van der Waals surface area contributed by atoms with Crippen LogP contribution in [0.15, 0.2) is 54.4 Å². The molecule has 0 radical (unpaired) electrons. The number of rotatable bonds is 10. The maximum atomic E-state index is 14.4. The second kappa shape index (κ2) is 13.3. The van der Waals surface area contributed by atoms with E-state index in [1.165, 1.54) is 22.3 Å². The molecule has 3 amide bonds. The van der Waals surface area contributed by atoms with Gasteiger partial charge >= 0.3 is 12.1 Å². The Morgan fingerprint density at radius 2 is 1.88 bits per heavy atom. The molecule has 5 rings (SSSR count). The van der Waals surface area contributed by atoms with Crippen LogP contribution in [0.1, 0.15) is 54.4 Å². The normalized spacial score (nSPS) is 22.6. The molecule has 2 aliphatic rings. The number of thiophene rings is 1. The number of hydrogen-bond donors (Lipinski definition) is 3. The van der Waals surface area contributed by atoms with Crippen molar-refractivity contribution in [3.8, 4) is 22.1 Å². The molecule has 1 aliphatic heterocycles. The zero-order valence-electron chi connectivity index (χ0n) is 28.9. The number of nitrogens with one attached hydrogen (secondary N) is 2. The van der Waals surface area contributed by atoms with Crippen molar-refractivity contribution in [1.82, 2.24) is 20.5 Å². The monoisotopic (exact) mass is 692 g/mol. The zero-order valence-corrected chi connectivity index (χ0v) is 29.7. The molecule has 49 heavy (non-hydrogen) atoms. The number of hydrogen-bond acceptors (Lipinski definition) is 9. The summed E-state index contributed by atoms with van der Waals surface area (Å²) in [6, 6.07) is 9.01. The molecule has 1 unspecified atom stereocenters. The van der Waals surface area contributed by atoms with E-state index in [1.807, 2.05) is 35.7 Å². The fraction of sp³-hybridized carbons (Fsp3) is 0.472. The molecular formula is C36H44N4O8S. The van der Waals surface area contributed by atoms with Crippen molar-refractivity contribution in [2.45, 2.75) is 83.7 Å². The summed E-state index contributed by atoms with van der Waals surface area (Å²) >= 11 is 1.53. The number of carboxylic acid groups (broad SMARTS) is 1. The number of carboxylic acids is 1. The average molecular weight is 693 g/mol. The van der Waals surface area contributed by atoms with E-state index in [0.717, 1.165) is 4.88 Å². The van der Waals surface area contributed by atoms with Crippen molar-refractivity contribution >= 4 is 46.1 Å². The van der Waals surface area contributed by atoms with E-state index >= 15 is 0 Å². The first-order valence-corrected chi connectivity index (χ1v) is 17.0. The summed E-state index contributed by atoms with van der Waals surface area (Å²) in [4.78, 5) is 60.7. The molecule has 3 N–H and O–H groups in total. The van der Waals surface area contributed by atoms with E-state index in [9.17, 15) is 24.3 Å². The first-order valence-electron chi connectivity index (χ1n) is 16.1. The smallest absolute Gasteiger partial charge is 0.408 e. The lowest BCUT2D eigenvalue weighted by Crippen LogP contribution is -2.59. The Bertz CT molecular complexity index is 1760.